The molecule has 7 heteroatoms. The molecular weight excluding hydrogens is 420 g/mol. The van der Waals surface area contributed by atoms with Gasteiger partial charge in [0, 0.05) is 31.3 Å². The topological polar surface area (TPSA) is 68.3 Å². The van der Waals surface area contributed by atoms with Crippen LogP contribution in [0.1, 0.15) is 36.9 Å². The van der Waals surface area contributed by atoms with E-state index in [0.717, 1.165) is 35.5 Å². The van der Waals surface area contributed by atoms with Gasteiger partial charge in [-0.25, -0.2) is 0 Å². The van der Waals surface area contributed by atoms with Crippen molar-refractivity contribution in [3.05, 3.63) is 59.7 Å². The van der Waals surface area contributed by atoms with Crippen molar-refractivity contribution >= 4 is 11.9 Å². The first-order valence-electron chi connectivity index (χ1n) is 11.3. The molecule has 1 heterocycles. The molecule has 1 aliphatic heterocycles. The summed E-state index contributed by atoms with van der Waals surface area (Å²) in [6, 6.07) is 15.7. The quantitative estimate of drug-likeness (QED) is 0.510. The molecule has 1 fully saturated rings. The highest BCUT2D eigenvalue weighted by molar-refractivity contribution is 5.79. The van der Waals surface area contributed by atoms with Gasteiger partial charge in [-0.15, -0.1) is 0 Å². The summed E-state index contributed by atoms with van der Waals surface area (Å²) in [6.45, 7) is 3.78. The first-order valence-corrected chi connectivity index (χ1v) is 11.3. The Kier molecular flexibility index (Phi) is 8.72. The van der Waals surface area contributed by atoms with Crippen LogP contribution in [0.2, 0.25) is 0 Å². The predicted molar refractivity (Wildman–Crippen MR) is 126 cm³/mol. The van der Waals surface area contributed by atoms with Crippen LogP contribution in [0.15, 0.2) is 48.5 Å². The maximum Gasteiger partial charge on any atom is 0.309 e. The predicted octanol–water partition coefficient (Wildman–Crippen LogP) is 3.68. The van der Waals surface area contributed by atoms with Crippen molar-refractivity contribution in [1.82, 2.24) is 9.80 Å². The first-order chi connectivity index (χ1) is 16.0. The largest absolute Gasteiger partial charge is 0.497 e. The van der Waals surface area contributed by atoms with Gasteiger partial charge in [0.1, 0.15) is 11.5 Å². The van der Waals surface area contributed by atoms with Gasteiger partial charge in [0.25, 0.3) is 0 Å². The van der Waals surface area contributed by atoms with E-state index in [1.807, 2.05) is 65.3 Å². The number of carbonyl (C=O) groups is 2. The Balaban J connectivity index is 1.77. The molecule has 0 N–H and O–H groups in total. The van der Waals surface area contributed by atoms with Crippen LogP contribution in [0.25, 0.3) is 0 Å². The SMILES string of the molecule is COC(=O)C(C)CN(CC(=O)N1CCCC1c1ccc(OC)cc1OC)Cc1ccccc1. The molecule has 7 nitrogen and oxygen atoms in total. The monoisotopic (exact) mass is 454 g/mol. The molecule has 3 rings (SSSR count). The molecule has 2 aromatic carbocycles. The van der Waals surface area contributed by atoms with E-state index in [1.165, 1.54) is 7.11 Å². The van der Waals surface area contributed by atoms with Crippen molar-refractivity contribution in [1.29, 1.82) is 0 Å². The maximum atomic E-state index is 13.5. The summed E-state index contributed by atoms with van der Waals surface area (Å²) in [6.07, 6.45) is 1.81. The molecule has 2 unspecified atom stereocenters. The summed E-state index contributed by atoms with van der Waals surface area (Å²) >= 11 is 0. The Hall–Kier alpha value is -3.06. The van der Waals surface area contributed by atoms with Gasteiger partial charge in [0.15, 0.2) is 0 Å². The third-order valence-electron chi connectivity index (χ3n) is 6.12. The van der Waals surface area contributed by atoms with Gasteiger partial charge in [-0.05, 0) is 30.5 Å². The fourth-order valence-corrected chi connectivity index (χ4v) is 4.45. The number of carbonyl (C=O) groups excluding carboxylic acids is 2. The lowest BCUT2D eigenvalue weighted by molar-refractivity contribution is -0.146. The third-order valence-corrected chi connectivity index (χ3v) is 6.12. The van der Waals surface area contributed by atoms with Gasteiger partial charge in [-0.1, -0.05) is 37.3 Å². The van der Waals surface area contributed by atoms with Crippen molar-refractivity contribution < 1.29 is 23.8 Å². The van der Waals surface area contributed by atoms with Crippen LogP contribution < -0.4 is 9.47 Å². The van der Waals surface area contributed by atoms with Crippen molar-refractivity contribution in [2.75, 3.05) is 41.0 Å². The second-order valence-electron chi connectivity index (χ2n) is 8.43. The molecule has 0 bridgehead atoms. The number of rotatable bonds is 10. The molecule has 0 aromatic heterocycles. The summed E-state index contributed by atoms with van der Waals surface area (Å²) < 4.78 is 15.8. The van der Waals surface area contributed by atoms with Crippen LogP contribution in [0.4, 0.5) is 0 Å². The minimum Gasteiger partial charge on any atom is -0.497 e. The average molecular weight is 455 g/mol. The highest BCUT2D eigenvalue weighted by Gasteiger charge is 2.33. The second kappa shape index (κ2) is 11.7. The Bertz CT molecular complexity index is 934. The molecule has 0 saturated carbocycles. The van der Waals surface area contributed by atoms with Crippen molar-refractivity contribution in [3.8, 4) is 11.5 Å². The van der Waals surface area contributed by atoms with E-state index in [4.69, 9.17) is 14.2 Å². The third kappa shape index (κ3) is 6.26. The second-order valence-corrected chi connectivity index (χ2v) is 8.43. The number of amides is 1. The smallest absolute Gasteiger partial charge is 0.309 e. The molecule has 1 aliphatic rings. The Morgan fingerprint density at radius 1 is 1.09 bits per heavy atom. The zero-order valence-corrected chi connectivity index (χ0v) is 20.0. The van der Waals surface area contributed by atoms with E-state index in [2.05, 4.69) is 0 Å². The zero-order valence-electron chi connectivity index (χ0n) is 20.0. The molecule has 1 saturated heterocycles. The summed E-state index contributed by atoms with van der Waals surface area (Å²) in [5, 5.41) is 0. The molecule has 2 aromatic rings. The number of methoxy groups -OCH3 is 3. The number of likely N-dealkylation sites (tertiary alicyclic amines) is 1. The number of hydrogen-bond donors (Lipinski definition) is 0. The number of nitrogens with zero attached hydrogens (tertiary/aromatic N) is 2. The zero-order chi connectivity index (χ0) is 23.8. The van der Waals surface area contributed by atoms with Crippen LogP contribution in [0, 0.1) is 5.92 Å². The van der Waals surface area contributed by atoms with Crippen LogP contribution in [-0.2, 0) is 20.9 Å². The highest BCUT2D eigenvalue weighted by Crippen LogP contribution is 2.38. The lowest BCUT2D eigenvalue weighted by Gasteiger charge is -2.30. The van der Waals surface area contributed by atoms with Gasteiger partial charge in [0.2, 0.25) is 5.91 Å². The minimum atomic E-state index is -0.331. The summed E-state index contributed by atoms with van der Waals surface area (Å²) in [5.41, 5.74) is 2.08. The molecule has 0 spiro atoms. The normalized spacial score (nSPS) is 16.5. The molecule has 33 heavy (non-hydrogen) atoms. The Morgan fingerprint density at radius 2 is 1.85 bits per heavy atom. The molecule has 0 aliphatic carbocycles. The van der Waals surface area contributed by atoms with Crippen LogP contribution in [0.5, 0.6) is 11.5 Å². The molecule has 178 valence electrons. The van der Waals surface area contributed by atoms with Gasteiger partial charge in [0.05, 0.1) is 39.8 Å². The van der Waals surface area contributed by atoms with E-state index < -0.39 is 0 Å². The number of ether oxygens (including phenoxy) is 3. The fraction of sp³-hybridized carbons (Fsp3) is 0.462. The Labute approximate surface area is 196 Å². The van der Waals surface area contributed by atoms with Crippen LogP contribution >= 0.6 is 0 Å². The maximum absolute atomic E-state index is 13.5. The van der Waals surface area contributed by atoms with Crippen molar-refractivity contribution in [2.45, 2.75) is 32.4 Å². The lowest BCUT2D eigenvalue weighted by Crippen LogP contribution is -2.42. The molecule has 0 radical (unpaired) electrons. The Morgan fingerprint density at radius 3 is 2.52 bits per heavy atom. The van der Waals surface area contributed by atoms with Gasteiger partial charge in [-0.2, -0.15) is 0 Å². The molecule has 1 amide bonds. The average Bonchev–Trinajstić information content (AvgIpc) is 3.33. The number of esters is 1. The van der Waals surface area contributed by atoms with E-state index in [9.17, 15) is 9.59 Å². The van der Waals surface area contributed by atoms with Gasteiger partial charge < -0.3 is 19.1 Å². The van der Waals surface area contributed by atoms with Gasteiger partial charge in [-0.3, -0.25) is 14.5 Å². The van der Waals surface area contributed by atoms with E-state index >= 15 is 0 Å². The molecule has 2 atom stereocenters. The summed E-state index contributed by atoms with van der Waals surface area (Å²) in [7, 11) is 4.65. The lowest BCUT2D eigenvalue weighted by atomic mass is 10.0. The first kappa shape index (κ1) is 24.6. The van der Waals surface area contributed by atoms with E-state index in [-0.39, 0.29) is 30.4 Å². The van der Waals surface area contributed by atoms with Crippen molar-refractivity contribution in [3.63, 3.8) is 0 Å². The molecular formula is C26H34N2O5. The van der Waals surface area contributed by atoms with E-state index in [1.54, 1.807) is 14.2 Å². The van der Waals surface area contributed by atoms with E-state index in [0.29, 0.717) is 19.6 Å². The van der Waals surface area contributed by atoms with Crippen LogP contribution in [0.3, 0.4) is 0 Å². The standard InChI is InChI=1S/C26H34N2O5/c1-19(26(30)33-4)16-27(17-20-9-6-5-7-10-20)18-25(29)28-14-8-11-23(28)22-13-12-21(31-2)15-24(22)32-3/h5-7,9-10,12-13,15,19,23H,8,11,14,16-18H2,1-4H3. The summed E-state index contributed by atoms with van der Waals surface area (Å²) in [5.74, 6) is 0.880. The van der Waals surface area contributed by atoms with Gasteiger partial charge >= 0.3 is 5.97 Å². The summed E-state index contributed by atoms with van der Waals surface area (Å²) in [4.78, 5) is 29.5. The fourth-order valence-electron chi connectivity index (χ4n) is 4.45. The highest BCUT2D eigenvalue weighted by atomic mass is 16.5. The van der Waals surface area contributed by atoms with Crippen molar-refractivity contribution in [2.24, 2.45) is 5.92 Å². The number of hydrogen-bond acceptors (Lipinski definition) is 6. The minimum absolute atomic E-state index is 0.0448. The number of benzene rings is 2. The van der Waals surface area contributed by atoms with Crippen LogP contribution in [-0.4, -0.2) is 62.6 Å².